The van der Waals surface area contributed by atoms with Gasteiger partial charge >= 0.3 is 27.1 Å². The molecule has 4 aromatic carbocycles. The monoisotopic (exact) mass is 889 g/mol. The molecule has 4 heterocycles. The standard InChI is InChI=1S/C45H39F2N5.Pt/c1-29-14-17-34(18-15-29)50-28-51(38-12-9-8-11-37(38)50)35-24-32(44(5,6)7)23-33(25-35)45(46,47)31-16-19-36-40(26-31)52(39-13-10-21-49-42(36)39)41-27-30(20-22-48-41)43(2,3)4;/h8-24,27H,1-7H3;/q;+2/i1D3,8D,9D,11D,12D;. The first-order chi connectivity index (χ1) is 27.6. The average Bonchev–Trinajstić information content (AvgIpc) is 3.75. The van der Waals surface area contributed by atoms with Crippen molar-refractivity contribution in [2.45, 2.75) is 65.1 Å². The zero-order valence-electron chi connectivity index (χ0n) is 36.9. The van der Waals surface area contributed by atoms with Gasteiger partial charge in [0.1, 0.15) is 11.5 Å². The van der Waals surface area contributed by atoms with E-state index in [1.807, 2.05) is 39.0 Å². The Labute approximate surface area is 333 Å². The Morgan fingerprint density at radius 2 is 1.49 bits per heavy atom. The number of hydrogen-bond donors (Lipinski definition) is 0. The maximum absolute atomic E-state index is 17.4. The summed E-state index contributed by atoms with van der Waals surface area (Å²) in [5.41, 5.74) is 1.87. The fourth-order valence-corrected chi connectivity index (χ4v) is 6.40. The molecule has 8 heteroatoms. The van der Waals surface area contributed by atoms with E-state index >= 15 is 8.78 Å². The predicted octanol–water partition coefficient (Wildman–Crippen LogP) is 11.1. The molecule has 1 aliphatic heterocycles. The molecule has 0 atom stereocenters. The summed E-state index contributed by atoms with van der Waals surface area (Å²) in [5, 5.41) is 0.621. The molecule has 8 rings (SSSR count). The van der Waals surface area contributed by atoms with E-state index in [4.69, 9.17) is 9.60 Å². The van der Waals surface area contributed by atoms with E-state index in [2.05, 4.69) is 48.9 Å². The fraction of sp³-hybridized carbons (Fsp3) is 0.222. The van der Waals surface area contributed by atoms with Gasteiger partial charge in [-0.3, -0.25) is 4.98 Å². The molecule has 53 heavy (non-hydrogen) atoms. The van der Waals surface area contributed by atoms with E-state index in [1.54, 1.807) is 35.2 Å². The average molecular weight is 890 g/mol. The molecule has 0 radical (unpaired) electrons. The van der Waals surface area contributed by atoms with Crippen molar-refractivity contribution < 1.29 is 39.4 Å². The van der Waals surface area contributed by atoms with E-state index in [-0.39, 0.29) is 55.1 Å². The van der Waals surface area contributed by atoms with Crippen LogP contribution in [0.1, 0.15) is 79.0 Å². The normalized spacial score (nSPS) is 15.3. The second kappa shape index (κ2) is 13.1. The number of aromatic nitrogens is 3. The van der Waals surface area contributed by atoms with Crippen LogP contribution in [0.25, 0.3) is 27.8 Å². The van der Waals surface area contributed by atoms with Crippen LogP contribution in [0.3, 0.4) is 0 Å². The number of nitrogens with zero attached hydrogens (tertiary/aromatic N) is 5. The third kappa shape index (κ3) is 6.37. The summed E-state index contributed by atoms with van der Waals surface area (Å²) in [6.07, 6.45) is 3.36. The molecule has 0 fully saturated rings. The van der Waals surface area contributed by atoms with Gasteiger partial charge in [0.2, 0.25) is 5.69 Å². The van der Waals surface area contributed by atoms with E-state index < -0.39 is 47.4 Å². The Kier molecular flexibility index (Phi) is 7.02. The molecular weight excluding hydrogens is 844 g/mol. The first-order valence-corrected chi connectivity index (χ1v) is 16.9. The van der Waals surface area contributed by atoms with Crippen molar-refractivity contribution >= 4 is 50.7 Å². The van der Waals surface area contributed by atoms with Gasteiger partial charge in [0.05, 0.1) is 11.0 Å². The van der Waals surface area contributed by atoms with Crippen molar-refractivity contribution in [3.05, 3.63) is 149 Å². The summed E-state index contributed by atoms with van der Waals surface area (Å²) >= 11 is 0. The summed E-state index contributed by atoms with van der Waals surface area (Å²) < 4.78 is 97.4. The van der Waals surface area contributed by atoms with Crippen LogP contribution < -0.4 is 9.15 Å². The second-order valence-corrected chi connectivity index (χ2v) is 15.0. The van der Waals surface area contributed by atoms with Gasteiger partial charge in [-0.15, -0.1) is 11.6 Å². The summed E-state index contributed by atoms with van der Waals surface area (Å²) in [4.78, 5) is 9.25. The van der Waals surface area contributed by atoms with E-state index in [1.165, 1.54) is 45.5 Å². The van der Waals surface area contributed by atoms with Crippen LogP contribution >= 0.6 is 0 Å². The summed E-state index contributed by atoms with van der Waals surface area (Å²) in [6, 6.07) is 26.6. The largest absolute Gasteiger partial charge is 2.00 e. The van der Waals surface area contributed by atoms with Crippen molar-refractivity contribution in [3.63, 3.8) is 0 Å². The number of pyridine rings is 2. The molecule has 0 aliphatic carbocycles. The van der Waals surface area contributed by atoms with Crippen molar-refractivity contribution in [2.75, 3.05) is 0 Å². The van der Waals surface area contributed by atoms with E-state index in [0.29, 0.717) is 39.0 Å². The van der Waals surface area contributed by atoms with E-state index in [9.17, 15) is 0 Å². The smallest absolute Gasteiger partial charge is 0.318 e. The van der Waals surface area contributed by atoms with E-state index in [0.717, 1.165) is 5.56 Å². The maximum atomic E-state index is 17.4. The number of fused-ring (bicyclic) bond motifs is 4. The van der Waals surface area contributed by atoms with Crippen LogP contribution in [-0.4, -0.2) is 20.5 Å². The molecule has 3 aromatic heterocycles. The molecule has 0 unspecified atom stereocenters. The predicted molar refractivity (Wildman–Crippen MR) is 206 cm³/mol. The Morgan fingerprint density at radius 1 is 0.774 bits per heavy atom. The Hall–Kier alpha value is -5.09. The van der Waals surface area contributed by atoms with Gasteiger partial charge in [0.25, 0.3) is 17.3 Å². The second-order valence-electron chi connectivity index (χ2n) is 15.0. The number of rotatable bonds is 5. The number of aryl methyl sites for hydroxylation is 1. The number of hydrogen-bond acceptors (Lipinski definition) is 2. The molecule has 0 N–H and O–H groups in total. The van der Waals surface area contributed by atoms with Crippen LogP contribution in [0.5, 0.6) is 0 Å². The number of alkyl halides is 2. The molecule has 7 aromatic rings. The minimum absolute atomic E-state index is 0. The summed E-state index contributed by atoms with van der Waals surface area (Å²) in [7, 11) is 0. The van der Waals surface area contributed by atoms with Gasteiger partial charge < -0.3 is 4.57 Å². The molecule has 5 nitrogen and oxygen atoms in total. The van der Waals surface area contributed by atoms with Gasteiger partial charge in [0, 0.05) is 46.2 Å². The number of benzene rings is 4. The molecule has 0 amide bonds. The SMILES string of the molecule is [2H]c1c([2H])c([2H])c2c(c1[2H])[N+](c1[c-]c(C(F)(F)c3[c-]c4c(cc3)c3ncccc3n4-c3cc(C(C)(C)C)ccn3)cc(C(C)(C)C)c1)=C=[N+]2c1ccc(C([2H])([2H])[2H])cc1.[Pt+2]. The molecule has 266 valence electrons. The van der Waals surface area contributed by atoms with Crippen LogP contribution in [-0.2, 0) is 37.8 Å². The van der Waals surface area contributed by atoms with Crippen LogP contribution in [0.2, 0.25) is 0 Å². The van der Waals surface area contributed by atoms with Crippen molar-refractivity contribution in [2.24, 2.45) is 0 Å². The van der Waals surface area contributed by atoms with Crippen molar-refractivity contribution in [1.82, 2.24) is 23.7 Å². The molecule has 0 spiro atoms. The zero-order valence-corrected chi connectivity index (χ0v) is 32.2. The fourth-order valence-electron chi connectivity index (χ4n) is 6.40. The molecule has 0 bridgehead atoms. The Bertz CT molecular complexity index is 2960. The third-order valence-electron chi connectivity index (χ3n) is 9.33. The molecule has 0 saturated heterocycles. The Balaban J connectivity index is 0.00000544. The minimum atomic E-state index is -3.68. The molecule has 0 saturated carbocycles. The first-order valence-electron chi connectivity index (χ1n) is 20.4. The molecular formula is C45H39F2N5Pt+2. The minimum Gasteiger partial charge on any atom is -0.318 e. The quantitative estimate of drug-likeness (QED) is 0.128. The third-order valence-corrected chi connectivity index (χ3v) is 9.33. The maximum Gasteiger partial charge on any atom is 2.00 e. The van der Waals surface area contributed by atoms with Gasteiger partial charge in [-0.05, 0) is 52.1 Å². The molecule has 1 aliphatic rings. The Morgan fingerprint density at radius 3 is 2.19 bits per heavy atom. The summed E-state index contributed by atoms with van der Waals surface area (Å²) in [6.45, 7) is 9.53. The van der Waals surface area contributed by atoms with Gasteiger partial charge in [-0.2, -0.15) is 18.2 Å². The first kappa shape index (κ1) is 28.4. The zero-order chi connectivity index (χ0) is 42.6. The van der Waals surface area contributed by atoms with Crippen LogP contribution in [0.15, 0.2) is 109 Å². The van der Waals surface area contributed by atoms with Crippen molar-refractivity contribution in [3.8, 4) is 5.82 Å². The van der Waals surface area contributed by atoms with Crippen LogP contribution in [0.4, 0.5) is 31.5 Å². The summed E-state index contributed by atoms with van der Waals surface area (Å²) in [5.74, 6) is -3.14. The van der Waals surface area contributed by atoms with Gasteiger partial charge in [-0.25, -0.2) is 13.8 Å². The van der Waals surface area contributed by atoms with Crippen molar-refractivity contribution in [1.29, 1.82) is 0 Å². The number of halogens is 2. The van der Waals surface area contributed by atoms with Gasteiger partial charge in [-0.1, -0.05) is 110 Å². The van der Waals surface area contributed by atoms with Gasteiger partial charge in [0.15, 0.2) is 0 Å². The number of para-hydroxylation sites is 2. The van der Waals surface area contributed by atoms with Crippen LogP contribution in [0, 0.1) is 19.0 Å². The topological polar surface area (TPSA) is 36.7 Å².